The summed E-state index contributed by atoms with van der Waals surface area (Å²) in [5, 5.41) is 8.61. The second-order valence-electron chi connectivity index (χ2n) is 9.74. The molecule has 0 aliphatic rings. The van der Waals surface area contributed by atoms with E-state index in [1.807, 2.05) is 62.5 Å². The van der Waals surface area contributed by atoms with Crippen LogP contribution in [0.3, 0.4) is 0 Å². The van der Waals surface area contributed by atoms with E-state index in [0.717, 1.165) is 42.6 Å². The minimum absolute atomic E-state index is 0.0791. The first kappa shape index (κ1) is 34.0. The first-order valence-corrected chi connectivity index (χ1v) is 13.7. The summed E-state index contributed by atoms with van der Waals surface area (Å²) in [6.07, 6.45) is 20.0. The lowest BCUT2D eigenvalue weighted by atomic mass is 9.81. The monoisotopic (exact) mass is 546 g/mol. The largest absolute Gasteiger partial charge is 0.369 e. The molecule has 8 heteroatoms. The molecule has 5 N–H and O–H groups in total. The Hall–Kier alpha value is -4.04. The molecule has 0 fully saturated rings. The number of urea groups is 1. The Morgan fingerprint density at radius 3 is 2.50 bits per heavy atom. The standard InChI is InChI=1S/C22H28N4O.C10H18N2O/c1-5-8-18(22(3,4)6-2)11-12-25-21(27)26-19-10-7-9-17(15-19)20-16-23-13-14-24-20;1-3-4-5-9(6-7-12-2)8-10(11)13/h7-16H,5-6H2,1-4H3,(H2,25,26,27);3-4,6,12H,5,7-8H2,1-2H3,(H2,11,13)/b12-11+,18-8-;4-3-,9-6+. The van der Waals surface area contributed by atoms with Gasteiger partial charge in [0.05, 0.1) is 11.9 Å². The Labute approximate surface area is 240 Å². The molecule has 0 bridgehead atoms. The zero-order valence-corrected chi connectivity index (χ0v) is 24.8. The molecule has 0 radical (unpaired) electrons. The molecule has 0 atom stereocenters. The van der Waals surface area contributed by atoms with Crippen molar-refractivity contribution in [1.29, 1.82) is 0 Å². The van der Waals surface area contributed by atoms with Crippen LogP contribution in [0.2, 0.25) is 0 Å². The van der Waals surface area contributed by atoms with Crippen LogP contribution in [0.15, 0.2) is 90.6 Å². The van der Waals surface area contributed by atoms with Crippen molar-refractivity contribution in [3.05, 3.63) is 90.6 Å². The second-order valence-corrected chi connectivity index (χ2v) is 9.74. The molecule has 0 saturated carbocycles. The molecule has 3 amide bonds. The summed E-state index contributed by atoms with van der Waals surface area (Å²) in [5.74, 6) is -0.271. The van der Waals surface area contributed by atoms with E-state index in [1.165, 1.54) is 5.57 Å². The number of nitrogens with two attached hydrogens (primary N) is 1. The van der Waals surface area contributed by atoms with Crippen molar-refractivity contribution >= 4 is 17.6 Å². The molecule has 0 spiro atoms. The molecule has 1 aromatic heterocycles. The molecule has 2 rings (SSSR count). The predicted octanol–water partition coefficient (Wildman–Crippen LogP) is 6.53. The number of primary amides is 1. The van der Waals surface area contributed by atoms with Crippen molar-refractivity contribution in [3.63, 3.8) is 0 Å². The molecule has 1 aromatic carbocycles. The minimum Gasteiger partial charge on any atom is -0.369 e. The molecule has 8 nitrogen and oxygen atoms in total. The van der Waals surface area contributed by atoms with E-state index >= 15 is 0 Å². The fraction of sp³-hybridized carbons (Fsp3) is 0.375. The van der Waals surface area contributed by atoms with Gasteiger partial charge in [-0.05, 0) is 62.4 Å². The number of nitrogens with one attached hydrogen (secondary N) is 3. The lowest BCUT2D eigenvalue weighted by molar-refractivity contribution is -0.117. The summed E-state index contributed by atoms with van der Waals surface area (Å²) in [7, 11) is 1.87. The zero-order valence-electron chi connectivity index (χ0n) is 24.8. The Bertz CT molecular complexity index is 1170. The van der Waals surface area contributed by atoms with Gasteiger partial charge >= 0.3 is 6.03 Å². The fourth-order valence-electron chi connectivity index (χ4n) is 3.54. The number of anilines is 1. The van der Waals surface area contributed by atoms with E-state index < -0.39 is 0 Å². The third-order valence-corrected chi connectivity index (χ3v) is 6.16. The van der Waals surface area contributed by atoms with E-state index in [0.29, 0.717) is 12.1 Å². The van der Waals surface area contributed by atoms with Crippen molar-refractivity contribution in [2.75, 3.05) is 18.9 Å². The summed E-state index contributed by atoms with van der Waals surface area (Å²) in [6, 6.07) is 7.23. The van der Waals surface area contributed by atoms with E-state index in [1.54, 1.807) is 24.8 Å². The summed E-state index contributed by atoms with van der Waals surface area (Å²) in [4.78, 5) is 31.2. The van der Waals surface area contributed by atoms with Gasteiger partial charge in [-0.3, -0.25) is 14.8 Å². The summed E-state index contributed by atoms with van der Waals surface area (Å²) < 4.78 is 0. The van der Waals surface area contributed by atoms with Gasteiger partial charge in [-0.25, -0.2) is 4.79 Å². The van der Waals surface area contributed by atoms with Gasteiger partial charge < -0.3 is 21.7 Å². The average molecular weight is 547 g/mol. The number of amides is 3. The van der Waals surface area contributed by atoms with Gasteiger partial charge in [-0.2, -0.15) is 0 Å². The van der Waals surface area contributed by atoms with Crippen LogP contribution in [-0.2, 0) is 4.79 Å². The number of nitrogens with zero attached hydrogens (tertiary/aromatic N) is 2. The number of carbonyl (C=O) groups is 2. The van der Waals surface area contributed by atoms with Crippen molar-refractivity contribution in [2.45, 2.75) is 60.3 Å². The Morgan fingerprint density at radius 2 is 1.90 bits per heavy atom. The van der Waals surface area contributed by atoms with Crippen molar-refractivity contribution in [1.82, 2.24) is 20.6 Å². The van der Waals surface area contributed by atoms with Crippen LogP contribution in [0, 0.1) is 5.41 Å². The normalized spacial score (nSPS) is 12.2. The van der Waals surface area contributed by atoms with Gasteiger partial charge in [0.2, 0.25) is 5.91 Å². The van der Waals surface area contributed by atoms with Gasteiger partial charge in [0, 0.05) is 42.8 Å². The number of hydrogen-bond donors (Lipinski definition) is 4. The van der Waals surface area contributed by atoms with E-state index in [2.05, 4.69) is 59.7 Å². The van der Waals surface area contributed by atoms with E-state index in [9.17, 15) is 9.59 Å². The lowest BCUT2D eigenvalue weighted by Gasteiger charge is -2.24. The minimum atomic E-state index is -0.285. The van der Waals surface area contributed by atoms with Crippen LogP contribution in [0.4, 0.5) is 10.5 Å². The highest BCUT2D eigenvalue weighted by atomic mass is 16.2. The lowest BCUT2D eigenvalue weighted by Crippen LogP contribution is -2.24. The fourth-order valence-corrected chi connectivity index (χ4v) is 3.54. The third kappa shape index (κ3) is 13.7. The second kappa shape index (κ2) is 19.1. The van der Waals surface area contributed by atoms with Gasteiger partial charge in [-0.1, -0.05) is 69.7 Å². The summed E-state index contributed by atoms with van der Waals surface area (Å²) in [6.45, 7) is 11.4. The molecule has 0 unspecified atom stereocenters. The zero-order chi connectivity index (χ0) is 29.8. The maximum absolute atomic E-state index is 12.2. The topological polar surface area (TPSA) is 122 Å². The molecular formula is C32H46N6O2. The molecule has 0 aliphatic heterocycles. The number of benzene rings is 1. The van der Waals surface area contributed by atoms with Crippen LogP contribution in [0.25, 0.3) is 11.3 Å². The number of hydrogen-bond acceptors (Lipinski definition) is 5. The molecule has 2 aromatic rings. The smallest absolute Gasteiger partial charge is 0.323 e. The number of allylic oxidation sites excluding steroid dienone is 5. The van der Waals surface area contributed by atoms with Crippen LogP contribution in [-0.4, -0.2) is 35.5 Å². The van der Waals surface area contributed by atoms with Crippen LogP contribution < -0.4 is 21.7 Å². The van der Waals surface area contributed by atoms with E-state index in [-0.39, 0.29) is 17.4 Å². The van der Waals surface area contributed by atoms with Crippen LogP contribution in [0.1, 0.15) is 60.3 Å². The SMILES string of the molecule is C/C=C\C/C(=C\CNC)CC(N)=O.CC/C=C(/C=C/NC(=O)Nc1cccc(-c2cnccn2)c1)C(C)(C)CC. The predicted molar refractivity (Wildman–Crippen MR) is 166 cm³/mol. The highest BCUT2D eigenvalue weighted by Crippen LogP contribution is 2.31. The number of aromatic nitrogens is 2. The maximum atomic E-state index is 12.2. The molecule has 40 heavy (non-hydrogen) atoms. The molecule has 0 aliphatic carbocycles. The van der Waals surface area contributed by atoms with E-state index in [4.69, 9.17) is 5.73 Å². The van der Waals surface area contributed by atoms with Crippen LogP contribution in [0.5, 0.6) is 0 Å². The first-order chi connectivity index (χ1) is 19.2. The highest BCUT2D eigenvalue weighted by molar-refractivity contribution is 5.90. The number of rotatable bonds is 13. The quantitative estimate of drug-likeness (QED) is 0.168. The van der Waals surface area contributed by atoms with Gasteiger partial charge in [0.15, 0.2) is 0 Å². The van der Waals surface area contributed by atoms with Crippen molar-refractivity contribution in [3.8, 4) is 11.3 Å². The Balaban J connectivity index is 0.000000520. The molecule has 216 valence electrons. The van der Waals surface area contributed by atoms with Gasteiger partial charge in [-0.15, -0.1) is 0 Å². The van der Waals surface area contributed by atoms with Crippen molar-refractivity contribution < 1.29 is 9.59 Å². The van der Waals surface area contributed by atoms with Gasteiger partial charge in [0.1, 0.15) is 0 Å². The molecule has 0 saturated heterocycles. The molecule has 1 heterocycles. The first-order valence-electron chi connectivity index (χ1n) is 13.7. The Morgan fingerprint density at radius 1 is 1.12 bits per heavy atom. The molecular weight excluding hydrogens is 500 g/mol. The van der Waals surface area contributed by atoms with Crippen molar-refractivity contribution in [2.24, 2.45) is 11.1 Å². The number of carbonyl (C=O) groups excluding carboxylic acids is 2. The van der Waals surface area contributed by atoms with Gasteiger partial charge in [0.25, 0.3) is 0 Å². The Kier molecular flexibility index (Phi) is 16.2. The third-order valence-electron chi connectivity index (χ3n) is 6.16. The van der Waals surface area contributed by atoms with Crippen LogP contribution >= 0.6 is 0 Å². The summed E-state index contributed by atoms with van der Waals surface area (Å²) >= 11 is 0. The highest BCUT2D eigenvalue weighted by Gasteiger charge is 2.18. The number of likely N-dealkylation sites (N-methyl/N-ethyl adjacent to an activating group) is 1. The maximum Gasteiger partial charge on any atom is 0.323 e. The average Bonchev–Trinajstić information content (AvgIpc) is 2.94. The summed E-state index contributed by atoms with van der Waals surface area (Å²) in [5.41, 5.74) is 9.84.